The highest BCUT2D eigenvalue weighted by molar-refractivity contribution is 5.96. The van der Waals surface area contributed by atoms with Crippen LogP contribution in [0.1, 0.15) is 55.2 Å². The van der Waals surface area contributed by atoms with Crippen molar-refractivity contribution in [3.63, 3.8) is 0 Å². The first-order valence-electron chi connectivity index (χ1n) is 13.8. The van der Waals surface area contributed by atoms with E-state index in [1.165, 1.54) is 19.1 Å². The maximum Gasteiger partial charge on any atom is 0.163 e. The maximum absolute atomic E-state index is 13.5. The van der Waals surface area contributed by atoms with Gasteiger partial charge in [0.25, 0.3) is 0 Å². The van der Waals surface area contributed by atoms with E-state index < -0.39 is 5.92 Å². The van der Waals surface area contributed by atoms with Crippen LogP contribution < -0.4 is 4.74 Å². The third-order valence-corrected chi connectivity index (χ3v) is 7.40. The first-order chi connectivity index (χ1) is 18.9. The number of hydrogen-bond acceptors (Lipinski definition) is 4. The molecule has 0 spiro atoms. The Labute approximate surface area is 231 Å². The summed E-state index contributed by atoms with van der Waals surface area (Å²) in [5.74, 6) is 0.942. The van der Waals surface area contributed by atoms with Crippen molar-refractivity contribution in [3.8, 4) is 17.2 Å². The number of ketones is 1. The van der Waals surface area contributed by atoms with Gasteiger partial charge in [-0.1, -0.05) is 80.1 Å². The van der Waals surface area contributed by atoms with E-state index in [1.54, 1.807) is 30.3 Å². The number of rotatable bonds is 13. The molecule has 0 radical (unpaired) electrons. The summed E-state index contributed by atoms with van der Waals surface area (Å²) in [6, 6.07) is 27.0. The highest BCUT2D eigenvalue weighted by Crippen LogP contribution is 2.32. The number of phenolic OH excluding ortho intramolecular Hbond substituents is 2. The standard InChI is InChI=1S/C35H38O4/c1-25(13-14-26-10-6-4-7-11-26)9-5-3-8-12-33(37)32(21-27-15-20-34(38)35(22-27)39-2)29-17-16-28-18-19-31(36)24-30(28)23-29/h4,6-8,10-12,15-20,22-25,32,36,38H,3,5,9,13-14,21H2,1-2H3/t25-,32-/m0/s1. The van der Waals surface area contributed by atoms with Crippen LogP contribution in [0.3, 0.4) is 0 Å². The Kier molecular flexibility index (Phi) is 9.80. The number of phenols is 2. The maximum atomic E-state index is 13.5. The number of aromatic hydroxyl groups is 2. The van der Waals surface area contributed by atoms with E-state index in [0.29, 0.717) is 18.1 Å². The molecule has 0 bridgehead atoms. The van der Waals surface area contributed by atoms with E-state index in [-0.39, 0.29) is 17.3 Å². The fourth-order valence-corrected chi connectivity index (χ4v) is 5.04. The van der Waals surface area contributed by atoms with Crippen LogP contribution in [0.5, 0.6) is 17.2 Å². The summed E-state index contributed by atoms with van der Waals surface area (Å²) in [6.45, 7) is 2.30. The summed E-state index contributed by atoms with van der Waals surface area (Å²) in [4.78, 5) is 13.5. The van der Waals surface area contributed by atoms with Crippen LogP contribution in [0.2, 0.25) is 0 Å². The first kappa shape index (κ1) is 28.0. The van der Waals surface area contributed by atoms with Crippen molar-refractivity contribution in [3.05, 3.63) is 114 Å². The first-order valence-corrected chi connectivity index (χ1v) is 13.8. The molecule has 0 unspecified atom stereocenters. The van der Waals surface area contributed by atoms with Crippen molar-refractivity contribution in [2.75, 3.05) is 7.11 Å². The fourth-order valence-electron chi connectivity index (χ4n) is 5.04. The summed E-state index contributed by atoms with van der Waals surface area (Å²) in [5.41, 5.74) is 3.18. The number of allylic oxidation sites excluding steroid dienone is 2. The van der Waals surface area contributed by atoms with Crippen LogP contribution in [0.25, 0.3) is 10.8 Å². The van der Waals surface area contributed by atoms with Crippen molar-refractivity contribution in [2.45, 2.75) is 51.4 Å². The van der Waals surface area contributed by atoms with Crippen LogP contribution in [0.15, 0.2) is 97.1 Å². The molecule has 2 atom stereocenters. The molecule has 0 amide bonds. The predicted molar refractivity (Wildman–Crippen MR) is 159 cm³/mol. The van der Waals surface area contributed by atoms with Gasteiger partial charge in [-0.15, -0.1) is 0 Å². The van der Waals surface area contributed by atoms with Crippen molar-refractivity contribution in [1.29, 1.82) is 0 Å². The van der Waals surface area contributed by atoms with Gasteiger partial charge in [0.05, 0.1) is 13.0 Å². The van der Waals surface area contributed by atoms with Gasteiger partial charge in [-0.05, 0) is 95.8 Å². The quantitative estimate of drug-likeness (QED) is 0.137. The molecule has 39 heavy (non-hydrogen) atoms. The average Bonchev–Trinajstić information content (AvgIpc) is 2.95. The van der Waals surface area contributed by atoms with Gasteiger partial charge in [-0.3, -0.25) is 4.79 Å². The van der Waals surface area contributed by atoms with Crippen molar-refractivity contribution in [1.82, 2.24) is 0 Å². The van der Waals surface area contributed by atoms with Crippen LogP contribution in [0.4, 0.5) is 0 Å². The molecule has 4 heteroatoms. The number of fused-ring (bicyclic) bond motifs is 1. The number of unbranched alkanes of at least 4 members (excludes halogenated alkanes) is 1. The van der Waals surface area contributed by atoms with Crippen molar-refractivity contribution in [2.24, 2.45) is 5.92 Å². The molecule has 4 rings (SSSR count). The summed E-state index contributed by atoms with van der Waals surface area (Å²) < 4.78 is 5.28. The number of hydrogen-bond donors (Lipinski definition) is 2. The van der Waals surface area contributed by atoms with Gasteiger partial charge in [-0.25, -0.2) is 0 Å². The zero-order valence-corrected chi connectivity index (χ0v) is 22.8. The molecule has 4 aromatic carbocycles. The van der Waals surface area contributed by atoms with E-state index in [9.17, 15) is 15.0 Å². The van der Waals surface area contributed by atoms with Gasteiger partial charge in [-0.2, -0.15) is 0 Å². The molecule has 0 aliphatic carbocycles. The minimum atomic E-state index is -0.396. The molecule has 0 heterocycles. The second kappa shape index (κ2) is 13.7. The minimum absolute atomic E-state index is 0.0404. The average molecular weight is 523 g/mol. The van der Waals surface area contributed by atoms with E-state index in [1.807, 2.05) is 36.4 Å². The lowest BCUT2D eigenvalue weighted by Crippen LogP contribution is -2.13. The molecule has 0 saturated heterocycles. The third-order valence-electron chi connectivity index (χ3n) is 7.40. The Balaban J connectivity index is 1.42. The predicted octanol–water partition coefficient (Wildman–Crippen LogP) is 8.15. The molecule has 4 nitrogen and oxygen atoms in total. The third kappa shape index (κ3) is 7.97. The number of aryl methyl sites for hydroxylation is 1. The van der Waals surface area contributed by atoms with E-state index in [2.05, 4.69) is 37.3 Å². The van der Waals surface area contributed by atoms with Gasteiger partial charge < -0.3 is 14.9 Å². The van der Waals surface area contributed by atoms with E-state index in [0.717, 1.165) is 47.6 Å². The zero-order valence-electron chi connectivity index (χ0n) is 22.8. The van der Waals surface area contributed by atoms with Gasteiger partial charge in [0.2, 0.25) is 0 Å². The van der Waals surface area contributed by atoms with Gasteiger partial charge in [0.15, 0.2) is 17.3 Å². The molecule has 202 valence electrons. The summed E-state index contributed by atoms with van der Waals surface area (Å²) in [6.07, 6.45) is 9.53. The van der Waals surface area contributed by atoms with Crippen LogP contribution in [-0.4, -0.2) is 23.1 Å². The summed E-state index contributed by atoms with van der Waals surface area (Å²) >= 11 is 0. The Hall–Kier alpha value is -4.05. The van der Waals surface area contributed by atoms with Crippen molar-refractivity contribution < 1.29 is 19.7 Å². The number of ether oxygens (including phenoxy) is 1. The number of methoxy groups -OCH3 is 1. The Bertz CT molecular complexity index is 1410. The summed E-state index contributed by atoms with van der Waals surface area (Å²) in [7, 11) is 1.52. The highest BCUT2D eigenvalue weighted by atomic mass is 16.5. The Morgan fingerprint density at radius 3 is 2.46 bits per heavy atom. The molecular formula is C35H38O4. The van der Waals surface area contributed by atoms with Gasteiger partial charge >= 0.3 is 0 Å². The highest BCUT2D eigenvalue weighted by Gasteiger charge is 2.20. The molecule has 0 saturated carbocycles. The van der Waals surface area contributed by atoms with E-state index >= 15 is 0 Å². The Morgan fingerprint density at radius 1 is 0.872 bits per heavy atom. The number of carbonyl (C=O) groups excluding carboxylic acids is 1. The zero-order chi connectivity index (χ0) is 27.6. The van der Waals surface area contributed by atoms with Gasteiger partial charge in [0, 0.05) is 0 Å². The molecule has 0 aromatic heterocycles. The summed E-state index contributed by atoms with van der Waals surface area (Å²) in [5, 5.41) is 21.9. The largest absolute Gasteiger partial charge is 0.508 e. The van der Waals surface area contributed by atoms with Crippen LogP contribution >= 0.6 is 0 Å². The van der Waals surface area contributed by atoms with Gasteiger partial charge in [0.1, 0.15) is 5.75 Å². The second-order valence-electron chi connectivity index (χ2n) is 10.4. The number of carbonyl (C=O) groups is 1. The normalized spacial score (nSPS) is 13.0. The lowest BCUT2D eigenvalue weighted by Gasteiger charge is -2.17. The topological polar surface area (TPSA) is 66.8 Å². The molecule has 0 aliphatic rings. The van der Waals surface area contributed by atoms with E-state index in [4.69, 9.17) is 4.74 Å². The van der Waals surface area contributed by atoms with Crippen molar-refractivity contribution >= 4 is 16.6 Å². The smallest absolute Gasteiger partial charge is 0.163 e. The lowest BCUT2D eigenvalue weighted by atomic mass is 9.87. The molecule has 0 aliphatic heterocycles. The molecule has 2 N–H and O–H groups in total. The second-order valence-corrected chi connectivity index (χ2v) is 10.4. The number of benzene rings is 4. The molecular weight excluding hydrogens is 484 g/mol. The van der Waals surface area contributed by atoms with Crippen LogP contribution in [-0.2, 0) is 17.6 Å². The van der Waals surface area contributed by atoms with Crippen LogP contribution in [0, 0.1) is 5.92 Å². The molecule has 0 fully saturated rings. The molecule has 4 aromatic rings. The minimum Gasteiger partial charge on any atom is -0.508 e. The lowest BCUT2D eigenvalue weighted by molar-refractivity contribution is -0.116. The monoisotopic (exact) mass is 522 g/mol. The fraction of sp³-hybridized carbons (Fsp3) is 0.286. The Morgan fingerprint density at radius 2 is 1.67 bits per heavy atom. The SMILES string of the molecule is COc1cc(C[C@H](C(=O)C=CCCC[C@H](C)CCc2ccccc2)c2ccc3ccc(O)cc3c2)ccc1O.